The minimum atomic E-state index is 0. The second-order valence-corrected chi connectivity index (χ2v) is 27.2. The molecule has 8 aromatic rings. The van der Waals surface area contributed by atoms with Gasteiger partial charge in [0.25, 0.3) is 0 Å². The number of hydrogen-bond acceptors (Lipinski definition) is 0. The Morgan fingerprint density at radius 2 is 0.845 bits per heavy atom. The third-order valence-electron chi connectivity index (χ3n) is 12.6. The third-order valence-corrected chi connectivity index (χ3v) is 12.6. The third kappa shape index (κ3) is 10.4. The fourth-order valence-electron chi connectivity index (χ4n) is 9.81. The summed E-state index contributed by atoms with van der Waals surface area (Å²) in [5.41, 5.74) is 9.60. The van der Waals surface area contributed by atoms with E-state index in [4.69, 9.17) is 0 Å². The minimum absolute atomic E-state index is 0. The van der Waals surface area contributed by atoms with Crippen LogP contribution in [0.2, 0.25) is 13.1 Å². The molecular formula is C54H56Cl2SiZr-2. The van der Waals surface area contributed by atoms with Gasteiger partial charge in [-0.1, -0.05) is 136 Å². The molecule has 0 spiro atoms. The summed E-state index contributed by atoms with van der Waals surface area (Å²) in [4.78, 5) is 0. The molecule has 0 radical (unpaired) electrons. The van der Waals surface area contributed by atoms with Gasteiger partial charge in [0.2, 0.25) is 0 Å². The Hall–Kier alpha value is -3.26. The molecule has 0 bridgehead atoms. The van der Waals surface area contributed by atoms with Crippen LogP contribution >= 0.6 is 0 Å². The van der Waals surface area contributed by atoms with Gasteiger partial charge in [-0.3, -0.25) is 0 Å². The summed E-state index contributed by atoms with van der Waals surface area (Å²) >= 11 is 1.74. The Morgan fingerprint density at radius 3 is 1.22 bits per heavy atom. The summed E-state index contributed by atoms with van der Waals surface area (Å²) in [6.45, 7) is 9.57. The summed E-state index contributed by atoms with van der Waals surface area (Å²) < 4.78 is 0. The zero-order valence-electron chi connectivity index (χ0n) is 34.7. The SMILES string of the molecule is CC1(Cc2cc3c(-c4ccc5ccccc5c4)cccc3[cH-]2)CCCC1.CC1(Cc2cc3c(-c4ccc5ccccc5c4)cccc3[cH-]2)CCCC1.C[Si](C)=[Zr+2].[Cl-].[Cl-]. The molecule has 0 aromatic heterocycles. The van der Waals surface area contributed by atoms with Crippen molar-refractivity contribution in [3.05, 3.63) is 157 Å². The second-order valence-electron chi connectivity index (χ2n) is 17.9. The number of rotatable bonds is 6. The van der Waals surface area contributed by atoms with Gasteiger partial charge in [0, 0.05) is 0 Å². The van der Waals surface area contributed by atoms with Crippen molar-refractivity contribution >= 4 is 48.5 Å². The largest absolute Gasteiger partial charge is 1.00 e. The molecule has 58 heavy (non-hydrogen) atoms. The number of hydrogen-bond donors (Lipinski definition) is 0. The summed E-state index contributed by atoms with van der Waals surface area (Å²) in [5.74, 6) is 0. The first-order valence-corrected chi connectivity index (χ1v) is 27.2. The van der Waals surface area contributed by atoms with Crippen LogP contribution in [0, 0.1) is 10.8 Å². The van der Waals surface area contributed by atoms with E-state index < -0.39 is 0 Å². The van der Waals surface area contributed by atoms with Gasteiger partial charge in [0.05, 0.1) is 0 Å². The van der Waals surface area contributed by atoms with Crippen LogP contribution in [-0.2, 0) is 36.2 Å². The zero-order valence-corrected chi connectivity index (χ0v) is 39.7. The van der Waals surface area contributed by atoms with E-state index in [2.05, 4.69) is 173 Å². The van der Waals surface area contributed by atoms with Crippen LogP contribution in [0.1, 0.15) is 76.3 Å². The Labute approximate surface area is 374 Å². The molecule has 296 valence electrons. The van der Waals surface area contributed by atoms with E-state index in [1.54, 1.807) is 23.3 Å². The molecule has 2 fully saturated rings. The van der Waals surface area contributed by atoms with Crippen molar-refractivity contribution in [1.29, 1.82) is 0 Å². The maximum absolute atomic E-state index is 2.47. The van der Waals surface area contributed by atoms with Crippen LogP contribution in [0.15, 0.2) is 146 Å². The Balaban J connectivity index is 0.000000174. The van der Waals surface area contributed by atoms with Gasteiger partial charge in [0.15, 0.2) is 0 Å². The first-order chi connectivity index (χ1) is 27.1. The molecule has 2 aliphatic carbocycles. The number of halogens is 2. The molecule has 2 saturated carbocycles. The van der Waals surface area contributed by atoms with Crippen LogP contribution in [0.25, 0.3) is 65.3 Å². The molecule has 4 heteroatoms. The van der Waals surface area contributed by atoms with E-state index in [0.29, 0.717) is 10.8 Å². The zero-order chi connectivity index (χ0) is 38.7. The molecule has 0 unspecified atom stereocenters. The molecule has 2 aliphatic rings. The molecule has 0 aliphatic heterocycles. The van der Waals surface area contributed by atoms with Crippen molar-refractivity contribution in [3.63, 3.8) is 0 Å². The van der Waals surface area contributed by atoms with E-state index >= 15 is 0 Å². The van der Waals surface area contributed by atoms with Gasteiger partial charge in [0.1, 0.15) is 0 Å². The maximum Gasteiger partial charge on any atom is -1.00 e. The normalized spacial score (nSPS) is 15.3. The number of fused-ring (bicyclic) bond motifs is 4. The average Bonchev–Trinajstić information content (AvgIpc) is 4.01. The predicted octanol–water partition coefficient (Wildman–Crippen LogP) is 9.80. The Bertz CT molecular complexity index is 2450. The molecular weight excluding hydrogens is 839 g/mol. The maximum atomic E-state index is 2.47. The van der Waals surface area contributed by atoms with Crippen LogP contribution in [0.3, 0.4) is 0 Å². The summed E-state index contributed by atoms with van der Waals surface area (Å²) in [5, 5.41) is 10.8. The molecule has 0 heterocycles. The van der Waals surface area contributed by atoms with Crippen LogP contribution in [0.4, 0.5) is 0 Å². The summed E-state index contributed by atoms with van der Waals surface area (Å²) in [6, 6.07) is 54.1. The molecule has 0 saturated heterocycles. The van der Waals surface area contributed by atoms with E-state index in [0.717, 1.165) is 0 Å². The van der Waals surface area contributed by atoms with E-state index in [1.165, 1.54) is 141 Å². The van der Waals surface area contributed by atoms with E-state index in [1.807, 2.05) is 0 Å². The van der Waals surface area contributed by atoms with Crippen molar-refractivity contribution in [2.45, 2.75) is 91.1 Å². The van der Waals surface area contributed by atoms with Crippen molar-refractivity contribution < 1.29 is 48.1 Å². The molecule has 0 atom stereocenters. The Morgan fingerprint density at radius 1 is 0.483 bits per heavy atom. The summed E-state index contributed by atoms with van der Waals surface area (Å²) in [6.07, 6.45) is 13.6. The van der Waals surface area contributed by atoms with Gasteiger partial charge in [-0.2, -0.15) is 12.1 Å². The van der Waals surface area contributed by atoms with Crippen molar-refractivity contribution in [3.8, 4) is 22.3 Å². The first-order valence-electron chi connectivity index (χ1n) is 21.0. The molecule has 10 rings (SSSR count). The summed E-state index contributed by atoms with van der Waals surface area (Å²) in [7, 11) is 0. The van der Waals surface area contributed by atoms with Crippen molar-refractivity contribution in [1.82, 2.24) is 0 Å². The van der Waals surface area contributed by atoms with Gasteiger partial charge in [-0.05, 0) is 94.2 Å². The smallest absolute Gasteiger partial charge is 1.00 e. The topological polar surface area (TPSA) is 0 Å². The predicted molar refractivity (Wildman–Crippen MR) is 243 cm³/mol. The standard InChI is InChI=1S/2C26H25.C2H6Si.2ClH.Zr/c2*1-26(13-4-5-14-26)18-19-15-22-9-6-10-24(25(22)16-19)23-12-11-20-7-2-3-8-21(20)17-23;1-3-2;;;/h2*2-3,6-12,15-17H,4-5,13-14,18H2,1H3;1-2H3;2*1H;/q2*-1;;;;+2/p-2. The minimum Gasteiger partial charge on any atom is -1.00 e. The average molecular weight is 895 g/mol. The Kier molecular flexibility index (Phi) is 14.8. The molecule has 0 N–H and O–H groups in total. The molecule has 8 aromatic carbocycles. The van der Waals surface area contributed by atoms with Crippen molar-refractivity contribution in [2.24, 2.45) is 10.8 Å². The van der Waals surface area contributed by atoms with Gasteiger partial charge in [-0.25, -0.2) is 0 Å². The van der Waals surface area contributed by atoms with E-state index in [9.17, 15) is 0 Å². The van der Waals surface area contributed by atoms with Gasteiger partial charge in [-0.15, -0.1) is 69.1 Å². The van der Waals surface area contributed by atoms with Crippen LogP contribution < -0.4 is 24.8 Å². The van der Waals surface area contributed by atoms with Crippen molar-refractivity contribution in [2.75, 3.05) is 0 Å². The van der Waals surface area contributed by atoms with Gasteiger partial charge < -0.3 is 24.8 Å². The fraction of sp³-hybridized carbons (Fsp3) is 0.296. The van der Waals surface area contributed by atoms with Crippen LogP contribution in [0.5, 0.6) is 0 Å². The fourth-order valence-corrected chi connectivity index (χ4v) is 9.81. The first kappa shape index (κ1) is 44.3. The second kappa shape index (κ2) is 19.4. The van der Waals surface area contributed by atoms with Crippen LogP contribution in [-0.4, -0.2) is 5.43 Å². The number of benzene rings is 6. The van der Waals surface area contributed by atoms with E-state index in [-0.39, 0.29) is 30.2 Å². The molecule has 0 nitrogen and oxygen atoms in total. The van der Waals surface area contributed by atoms with Gasteiger partial charge >= 0.3 is 41.9 Å². The quantitative estimate of drug-likeness (QED) is 0.115. The molecule has 0 amide bonds. The monoisotopic (exact) mass is 892 g/mol.